The van der Waals surface area contributed by atoms with Gasteiger partial charge in [-0.05, 0) is 31.2 Å². The van der Waals surface area contributed by atoms with Crippen LogP contribution in [0.5, 0.6) is 5.75 Å². The van der Waals surface area contributed by atoms with Gasteiger partial charge in [0.25, 0.3) is 0 Å². The normalized spacial score (nSPS) is 10.5. The number of rotatable bonds is 6. The molecule has 0 unspecified atom stereocenters. The molecular weight excluding hydrogens is 309 g/mol. The van der Waals surface area contributed by atoms with Crippen LogP contribution in [0.1, 0.15) is 6.42 Å². The van der Waals surface area contributed by atoms with Gasteiger partial charge in [0.1, 0.15) is 5.75 Å². The van der Waals surface area contributed by atoms with E-state index in [-0.39, 0.29) is 0 Å². The summed E-state index contributed by atoms with van der Waals surface area (Å²) in [5, 5.41) is 0.993. The zero-order chi connectivity index (χ0) is 15.2. The minimum Gasteiger partial charge on any atom is -0.495 e. The van der Waals surface area contributed by atoms with Gasteiger partial charge in [-0.25, -0.2) is 4.98 Å². The number of methoxy groups -OCH3 is 1. The lowest BCUT2D eigenvalue weighted by molar-refractivity contribution is 0.415. The minimum absolute atomic E-state index is 0.491. The molecule has 0 amide bonds. The molecule has 0 fully saturated rings. The van der Waals surface area contributed by atoms with Crippen LogP contribution in [0.25, 0.3) is 0 Å². The molecule has 0 radical (unpaired) electrons. The largest absolute Gasteiger partial charge is 0.495 e. The molecule has 1 heterocycles. The summed E-state index contributed by atoms with van der Waals surface area (Å²) in [6.07, 6.45) is 2.38. The van der Waals surface area contributed by atoms with Crippen molar-refractivity contribution >= 4 is 34.7 Å². The van der Waals surface area contributed by atoms with Gasteiger partial charge < -0.3 is 15.4 Å². The third-order valence-electron chi connectivity index (χ3n) is 3.01. The van der Waals surface area contributed by atoms with Crippen LogP contribution in [0.3, 0.4) is 0 Å². The number of ether oxygens (including phenoxy) is 1. The second-order valence-corrected chi connectivity index (χ2v) is 5.27. The average Bonchev–Trinajstić information content (AvgIpc) is 2.49. The highest BCUT2D eigenvalue weighted by molar-refractivity contribution is 6.36. The molecular formula is C15H17Cl2N3O. The molecule has 0 spiro atoms. The zero-order valence-corrected chi connectivity index (χ0v) is 13.2. The van der Waals surface area contributed by atoms with Gasteiger partial charge in [-0.15, -0.1) is 0 Å². The number of halogens is 2. The van der Waals surface area contributed by atoms with Crippen molar-refractivity contribution in [2.45, 2.75) is 6.42 Å². The van der Waals surface area contributed by atoms with Crippen molar-refractivity contribution in [3.63, 3.8) is 0 Å². The van der Waals surface area contributed by atoms with E-state index in [0.717, 1.165) is 17.9 Å². The van der Waals surface area contributed by atoms with Gasteiger partial charge >= 0.3 is 0 Å². The summed E-state index contributed by atoms with van der Waals surface area (Å²) in [4.78, 5) is 6.34. The van der Waals surface area contributed by atoms with Crippen molar-refractivity contribution in [3.8, 4) is 5.75 Å². The maximum absolute atomic E-state index is 6.29. The summed E-state index contributed by atoms with van der Waals surface area (Å²) in [5.41, 5.74) is 6.53. The second kappa shape index (κ2) is 7.50. The molecule has 4 nitrogen and oxygen atoms in total. The first-order valence-electron chi connectivity index (χ1n) is 6.59. The summed E-state index contributed by atoms with van der Waals surface area (Å²) in [6, 6.07) is 9.39. The average molecular weight is 326 g/mol. The SMILES string of the molecule is COc1ccccc1N(CCCN)c1ncc(Cl)cc1Cl. The molecule has 0 aliphatic heterocycles. The third-order valence-corrected chi connectivity index (χ3v) is 3.49. The molecule has 0 bridgehead atoms. The lowest BCUT2D eigenvalue weighted by Crippen LogP contribution is -2.22. The number of pyridine rings is 1. The van der Waals surface area contributed by atoms with Crippen LogP contribution < -0.4 is 15.4 Å². The first kappa shape index (κ1) is 15.9. The molecule has 2 rings (SSSR count). The van der Waals surface area contributed by atoms with E-state index in [1.807, 2.05) is 29.2 Å². The van der Waals surface area contributed by atoms with E-state index >= 15 is 0 Å². The number of nitrogens with zero attached hydrogens (tertiary/aromatic N) is 2. The van der Waals surface area contributed by atoms with Gasteiger partial charge in [-0.1, -0.05) is 35.3 Å². The van der Waals surface area contributed by atoms with Gasteiger partial charge in [0.15, 0.2) is 5.82 Å². The van der Waals surface area contributed by atoms with Crippen LogP contribution in [0.15, 0.2) is 36.5 Å². The number of hydrogen-bond donors (Lipinski definition) is 1. The molecule has 2 N–H and O–H groups in total. The van der Waals surface area contributed by atoms with Gasteiger partial charge in [-0.3, -0.25) is 0 Å². The number of aromatic nitrogens is 1. The Kier molecular flexibility index (Phi) is 5.67. The van der Waals surface area contributed by atoms with E-state index in [1.165, 1.54) is 0 Å². The van der Waals surface area contributed by atoms with Crippen LogP contribution in [-0.2, 0) is 0 Å². The highest BCUT2D eigenvalue weighted by Crippen LogP contribution is 2.36. The van der Waals surface area contributed by atoms with Crippen molar-refractivity contribution in [1.29, 1.82) is 0 Å². The topological polar surface area (TPSA) is 51.4 Å². The summed E-state index contributed by atoms with van der Waals surface area (Å²) >= 11 is 12.2. The summed E-state index contributed by atoms with van der Waals surface area (Å²) < 4.78 is 5.42. The predicted octanol–water partition coefficient (Wildman–Crippen LogP) is 3.88. The fourth-order valence-electron chi connectivity index (χ4n) is 2.05. The Labute approximate surface area is 134 Å². The van der Waals surface area contributed by atoms with Crippen LogP contribution in [0.4, 0.5) is 11.5 Å². The molecule has 1 aromatic heterocycles. The van der Waals surface area contributed by atoms with Crippen LogP contribution in [-0.4, -0.2) is 25.2 Å². The standard InChI is InChI=1S/C15H17Cl2N3O/c1-21-14-6-3-2-5-13(14)20(8-4-7-18)15-12(17)9-11(16)10-19-15/h2-3,5-6,9-10H,4,7-8,18H2,1H3. The predicted molar refractivity (Wildman–Crippen MR) is 87.9 cm³/mol. The van der Waals surface area contributed by atoms with Crippen LogP contribution in [0, 0.1) is 0 Å². The van der Waals surface area contributed by atoms with Crippen molar-refractivity contribution in [2.75, 3.05) is 25.1 Å². The van der Waals surface area contributed by atoms with Crippen molar-refractivity contribution < 1.29 is 4.74 Å². The van der Waals surface area contributed by atoms with Gasteiger partial charge in [0.05, 0.1) is 22.8 Å². The molecule has 0 atom stereocenters. The Balaban J connectivity index is 2.47. The molecule has 0 saturated carbocycles. The fraction of sp³-hybridized carbons (Fsp3) is 0.267. The second-order valence-electron chi connectivity index (χ2n) is 4.42. The molecule has 0 aliphatic rings. The first-order valence-corrected chi connectivity index (χ1v) is 7.34. The van der Waals surface area contributed by atoms with E-state index in [9.17, 15) is 0 Å². The third kappa shape index (κ3) is 3.79. The monoisotopic (exact) mass is 325 g/mol. The van der Waals surface area contributed by atoms with Crippen LogP contribution in [0.2, 0.25) is 10.0 Å². The van der Waals surface area contributed by atoms with Gasteiger partial charge in [0, 0.05) is 12.7 Å². The summed E-state index contributed by atoms with van der Waals surface area (Å²) in [5.74, 6) is 1.39. The van der Waals surface area contributed by atoms with E-state index in [2.05, 4.69) is 4.98 Å². The molecule has 2 aromatic rings. The van der Waals surface area contributed by atoms with Gasteiger partial charge in [0.2, 0.25) is 0 Å². The smallest absolute Gasteiger partial charge is 0.151 e. The highest BCUT2D eigenvalue weighted by atomic mass is 35.5. The number of hydrogen-bond acceptors (Lipinski definition) is 4. The number of nitrogens with two attached hydrogens (primary N) is 1. The van der Waals surface area contributed by atoms with E-state index in [1.54, 1.807) is 19.4 Å². The molecule has 21 heavy (non-hydrogen) atoms. The molecule has 0 aliphatic carbocycles. The molecule has 112 valence electrons. The summed E-state index contributed by atoms with van der Waals surface area (Å²) in [7, 11) is 1.64. The lowest BCUT2D eigenvalue weighted by Gasteiger charge is -2.26. The van der Waals surface area contributed by atoms with E-state index < -0.39 is 0 Å². The minimum atomic E-state index is 0.491. The Morgan fingerprint density at radius 3 is 2.71 bits per heavy atom. The van der Waals surface area contributed by atoms with E-state index in [0.29, 0.717) is 29.0 Å². The zero-order valence-electron chi connectivity index (χ0n) is 11.7. The maximum atomic E-state index is 6.29. The molecule has 1 aromatic carbocycles. The van der Waals surface area contributed by atoms with Gasteiger partial charge in [-0.2, -0.15) is 0 Å². The Morgan fingerprint density at radius 2 is 2.05 bits per heavy atom. The van der Waals surface area contributed by atoms with Crippen molar-refractivity contribution in [1.82, 2.24) is 4.98 Å². The Hall–Kier alpha value is -1.49. The number of benzene rings is 1. The van der Waals surface area contributed by atoms with Crippen LogP contribution >= 0.6 is 23.2 Å². The highest BCUT2D eigenvalue weighted by Gasteiger charge is 2.17. The maximum Gasteiger partial charge on any atom is 0.151 e. The van der Waals surface area contributed by atoms with Crippen molar-refractivity contribution in [2.24, 2.45) is 5.73 Å². The summed E-state index contributed by atoms with van der Waals surface area (Å²) in [6.45, 7) is 1.27. The Morgan fingerprint density at radius 1 is 1.29 bits per heavy atom. The van der Waals surface area contributed by atoms with E-state index in [4.69, 9.17) is 33.7 Å². The first-order chi connectivity index (χ1) is 10.2. The number of anilines is 2. The quantitative estimate of drug-likeness (QED) is 0.875. The molecule has 6 heteroatoms. The number of para-hydroxylation sites is 2. The fourth-order valence-corrected chi connectivity index (χ4v) is 2.53. The van der Waals surface area contributed by atoms with Crippen molar-refractivity contribution in [3.05, 3.63) is 46.6 Å². The lowest BCUT2D eigenvalue weighted by atomic mass is 10.2. The molecule has 0 saturated heterocycles. The Bertz CT molecular complexity index is 607.